The molecule has 4 heteroatoms. The van der Waals surface area contributed by atoms with Gasteiger partial charge in [-0.1, -0.05) is 6.07 Å². The van der Waals surface area contributed by atoms with Gasteiger partial charge < -0.3 is 9.64 Å². The van der Waals surface area contributed by atoms with E-state index in [4.69, 9.17) is 10.00 Å². The molecule has 2 saturated heterocycles. The van der Waals surface area contributed by atoms with Crippen molar-refractivity contribution in [3.05, 3.63) is 29.8 Å². The first kappa shape index (κ1) is 14.7. The van der Waals surface area contributed by atoms with Gasteiger partial charge in [-0.2, -0.15) is 17.0 Å². The first-order chi connectivity index (χ1) is 10.2. The van der Waals surface area contributed by atoms with E-state index in [1.807, 2.05) is 30.0 Å². The van der Waals surface area contributed by atoms with Crippen molar-refractivity contribution in [3.8, 4) is 6.07 Å². The van der Waals surface area contributed by atoms with Crippen LogP contribution in [0.1, 0.15) is 31.2 Å². The fourth-order valence-electron chi connectivity index (χ4n) is 3.43. The van der Waals surface area contributed by atoms with E-state index >= 15 is 0 Å². The molecule has 1 aromatic rings. The molecule has 1 atom stereocenters. The minimum Gasteiger partial charge on any atom is -0.375 e. The molecule has 0 radical (unpaired) electrons. The van der Waals surface area contributed by atoms with Crippen LogP contribution in [0.3, 0.4) is 0 Å². The molecule has 0 amide bonds. The lowest BCUT2D eigenvalue weighted by atomic mass is 9.85. The third-order valence-corrected chi connectivity index (χ3v) is 5.79. The van der Waals surface area contributed by atoms with Crippen LogP contribution < -0.4 is 4.90 Å². The van der Waals surface area contributed by atoms with Crippen molar-refractivity contribution < 1.29 is 4.74 Å². The van der Waals surface area contributed by atoms with Gasteiger partial charge in [0.2, 0.25) is 0 Å². The molecule has 0 bridgehead atoms. The molecule has 1 aromatic carbocycles. The number of hydrogen-bond donors (Lipinski definition) is 0. The lowest BCUT2D eigenvalue weighted by molar-refractivity contribution is -0.0892. The average Bonchev–Trinajstić information content (AvgIpc) is 2.55. The summed E-state index contributed by atoms with van der Waals surface area (Å²) in [6.45, 7) is 0.859. The maximum absolute atomic E-state index is 9.06. The van der Waals surface area contributed by atoms with Crippen LogP contribution in [0.2, 0.25) is 0 Å². The van der Waals surface area contributed by atoms with Crippen molar-refractivity contribution in [2.75, 3.05) is 30.1 Å². The van der Waals surface area contributed by atoms with Crippen LogP contribution in [0.4, 0.5) is 5.69 Å². The molecular weight excluding hydrogens is 280 g/mol. The quantitative estimate of drug-likeness (QED) is 0.838. The zero-order valence-corrected chi connectivity index (χ0v) is 13.4. The van der Waals surface area contributed by atoms with Crippen molar-refractivity contribution in [2.45, 2.75) is 37.3 Å². The van der Waals surface area contributed by atoms with Gasteiger partial charge in [-0.25, -0.2) is 0 Å². The van der Waals surface area contributed by atoms with E-state index in [-0.39, 0.29) is 5.60 Å². The van der Waals surface area contributed by atoms with Gasteiger partial charge in [0.25, 0.3) is 0 Å². The second kappa shape index (κ2) is 6.29. The Morgan fingerprint density at radius 2 is 2.19 bits per heavy atom. The highest BCUT2D eigenvalue weighted by Gasteiger charge is 2.39. The number of hydrogen-bond acceptors (Lipinski definition) is 4. The maximum Gasteiger partial charge on any atom is 0.0992 e. The third-order valence-electron chi connectivity index (χ3n) is 4.80. The number of nitriles is 1. The van der Waals surface area contributed by atoms with Crippen LogP contribution in [0.5, 0.6) is 0 Å². The molecule has 0 aromatic heterocycles. The van der Waals surface area contributed by atoms with E-state index in [9.17, 15) is 0 Å². The predicted octanol–water partition coefficient (Wildman–Crippen LogP) is 3.44. The summed E-state index contributed by atoms with van der Waals surface area (Å²) in [7, 11) is 2.15. The minimum absolute atomic E-state index is 0.106. The van der Waals surface area contributed by atoms with E-state index in [0.29, 0.717) is 6.04 Å². The SMILES string of the molecule is CN(c1cccc(C#N)c1)C1CCOC2(CCSCC2)C1. The predicted molar refractivity (Wildman–Crippen MR) is 87.8 cm³/mol. The molecular formula is C17H22N2OS. The topological polar surface area (TPSA) is 36.3 Å². The molecule has 0 saturated carbocycles. The van der Waals surface area contributed by atoms with Gasteiger partial charge in [0.15, 0.2) is 0 Å². The summed E-state index contributed by atoms with van der Waals surface area (Å²) in [5, 5.41) is 9.06. The Bertz CT molecular complexity index is 528. The Hall–Kier alpha value is -1.18. The van der Waals surface area contributed by atoms with Gasteiger partial charge in [0, 0.05) is 25.4 Å². The fraction of sp³-hybridized carbons (Fsp3) is 0.588. The fourth-order valence-corrected chi connectivity index (χ4v) is 4.67. The van der Waals surface area contributed by atoms with Crippen molar-refractivity contribution in [3.63, 3.8) is 0 Å². The molecule has 3 nitrogen and oxygen atoms in total. The van der Waals surface area contributed by atoms with Crippen molar-refractivity contribution in [1.29, 1.82) is 5.26 Å². The normalized spacial score (nSPS) is 24.5. The van der Waals surface area contributed by atoms with Gasteiger partial charge >= 0.3 is 0 Å². The number of rotatable bonds is 2. The monoisotopic (exact) mass is 302 g/mol. The van der Waals surface area contributed by atoms with Crippen LogP contribution in [0.25, 0.3) is 0 Å². The second-order valence-electron chi connectivity index (χ2n) is 6.06. The Kier molecular flexibility index (Phi) is 4.42. The summed E-state index contributed by atoms with van der Waals surface area (Å²) in [5.74, 6) is 2.45. The van der Waals surface area contributed by atoms with Crippen LogP contribution in [-0.4, -0.2) is 36.8 Å². The largest absolute Gasteiger partial charge is 0.375 e. The number of benzene rings is 1. The first-order valence-electron chi connectivity index (χ1n) is 7.67. The maximum atomic E-state index is 9.06. The molecule has 112 valence electrons. The second-order valence-corrected chi connectivity index (χ2v) is 7.29. The lowest BCUT2D eigenvalue weighted by Gasteiger charge is -2.46. The zero-order chi connectivity index (χ0) is 14.7. The summed E-state index contributed by atoms with van der Waals surface area (Å²) >= 11 is 2.04. The highest BCUT2D eigenvalue weighted by Crippen LogP contribution is 2.39. The molecule has 2 aliphatic heterocycles. The molecule has 21 heavy (non-hydrogen) atoms. The van der Waals surface area contributed by atoms with Crippen molar-refractivity contribution in [1.82, 2.24) is 0 Å². The third kappa shape index (κ3) is 3.20. The number of thioether (sulfide) groups is 1. The molecule has 3 rings (SSSR count). The first-order valence-corrected chi connectivity index (χ1v) is 8.83. The van der Waals surface area contributed by atoms with Crippen LogP contribution in [0, 0.1) is 11.3 Å². The smallest absolute Gasteiger partial charge is 0.0992 e. The van der Waals surface area contributed by atoms with E-state index < -0.39 is 0 Å². The standard InChI is InChI=1S/C17H22N2OS/c1-19(15-4-2-3-14(11-15)13-18)16-5-8-20-17(12-16)6-9-21-10-7-17/h2-4,11,16H,5-10,12H2,1H3. The Balaban J connectivity index is 1.74. The summed E-state index contributed by atoms with van der Waals surface area (Å²) in [6.07, 6.45) is 4.55. The Labute approximate surface area is 131 Å². The van der Waals surface area contributed by atoms with E-state index in [2.05, 4.69) is 24.1 Å². The number of nitrogens with zero attached hydrogens (tertiary/aromatic N) is 2. The van der Waals surface area contributed by atoms with E-state index in [0.717, 1.165) is 30.7 Å². The number of ether oxygens (including phenoxy) is 1. The summed E-state index contributed by atoms with van der Waals surface area (Å²) in [4.78, 5) is 2.34. The number of anilines is 1. The molecule has 2 heterocycles. The average molecular weight is 302 g/mol. The molecule has 2 aliphatic rings. The lowest BCUT2D eigenvalue weighted by Crippen LogP contribution is -2.49. The molecule has 0 aliphatic carbocycles. The van der Waals surface area contributed by atoms with Gasteiger partial charge in [-0.15, -0.1) is 0 Å². The van der Waals surface area contributed by atoms with E-state index in [1.165, 1.54) is 24.3 Å². The zero-order valence-electron chi connectivity index (χ0n) is 12.5. The molecule has 0 N–H and O–H groups in total. The van der Waals surface area contributed by atoms with Crippen molar-refractivity contribution in [2.24, 2.45) is 0 Å². The Morgan fingerprint density at radius 3 is 2.95 bits per heavy atom. The highest BCUT2D eigenvalue weighted by molar-refractivity contribution is 7.99. The summed E-state index contributed by atoms with van der Waals surface area (Å²) in [5.41, 5.74) is 1.98. The molecule has 2 fully saturated rings. The van der Waals surface area contributed by atoms with Gasteiger partial charge in [0.1, 0.15) is 0 Å². The van der Waals surface area contributed by atoms with Crippen LogP contribution in [-0.2, 0) is 4.74 Å². The van der Waals surface area contributed by atoms with Crippen LogP contribution >= 0.6 is 11.8 Å². The van der Waals surface area contributed by atoms with Gasteiger partial charge in [-0.3, -0.25) is 0 Å². The molecule has 1 spiro atoms. The van der Waals surface area contributed by atoms with Gasteiger partial charge in [-0.05, 0) is 55.4 Å². The minimum atomic E-state index is 0.106. The van der Waals surface area contributed by atoms with Gasteiger partial charge in [0.05, 0.1) is 17.2 Å². The molecule has 1 unspecified atom stereocenters. The van der Waals surface area contributed by atoms with Crippen molar-refractivity contribution >= 4 is 17.4 Å². The summed E-state index contributed by atoms with van der Waals surface area (Å²) in [6, 6.07) is 10.7. The van der Waals surface area contributed by atoms with Crippen LogP contribution in [0.15, 0.2) is 24.3 Å². The Morgan fingerprint density at radius 1 is 1.38 bits per heavy atom. The highest BCUT2D eigenvalue weighted by atomic mass is 32.2. The summed E-state index contributed by atoms with van der Waals surface area (Å²) < 4.78 is 6.18. The van der Waals surface area contributed by atoms with E-state index in [1.54, 1.807) is 0 Å².